The fourth-order valence-corrected chi connectivity index (χ4v) is 0.0577. The van der Waals surface area contributed by atoms with Crippen molar-refractivity contribution < 1.29 is 0 Å². The van der Waals surface area contributed by atoms with Crippen molar-refractivity contribution >= 4 is 29.3 Å². The Hall–Kier alpha value is -0.320. The first-order valence-electron chi connectivity index (χ1n) is 5.99. The molecule has 0 N–H and O–H groups in total. The van der Waals surface area contributed by atoms with Crippen molar-refractivity contribution in [2.75, 3.05) is 12.0 Å². The van der Waals surface area contributed by atoms with E-state index in [-0.39, 0.29) is 0 Å². The molecule has 0 aromatic heterocycles. The van der Waals surface area contributed by atoms with Crippen molar-refractivity contribution in [1.82, 2.24) is 5.01 Å². The van der Waals surface area contributed by atoms with Crippen LogP contribution >= 0.6 is 22.6 Å². The summed E-state index contributed by atoms with van der Waals surface area (Å²) in [5, 5.41) is 5.00. The summed E-state index contributed by atoms with van der Waals surface area (Å²) in [4.78, 5) is 1.97. The van der Waals surface area contributed by atoms with Crippen molar-refractivity contribution in [3.05, 3.63) is 25.4 Å². The summed E-state index contributed by atoms with van der Waals surface area (Å²) in [5.41, 5.74) is 0. The highest BCUT2D eigenvalue weighted by atomic mass is 127. The van der Waals surface area contributed by atoms with E-state index in [1.54, 1.807) is 19.3 Å². The Morgan fingerprint density at radius 1 is 0.941 bits per heavy atom. The molecular formula is C14H35IN2. The van der Waals surface area contributed by atoms with E-state index in [9.17, 15) is 0 Å². The standard InChI is InChI=1S/C4H8N2.C3H6.3C2H6.CH3I/c1-4-6(3)5-2;1-3-2;4*1-2/h4H,1-2H2,3H3;3H,1H2,2H3;3*1-2H3;1H3. The van der Waals surface area contributed by atoms with E-state index >= 15 is 0 Å². The Morgan fingerprint density at radius 3 is 1.12 bits per heavy atom. The number of hydrogen-bond donors (Lipinski definition) is 0. The molecule has 0 aliphatic rings. The van der Waals surface area contributed by atoms with E-state index in [2.05, 4.69) is 47.6 Å². The molecule has 0 heterocycles. The minimum absolute atomic E-state index is 1.53. The van der Waals surface area contributed by atoms with Crippen LogP contribution in [-0.4, -0.2) is 23.7 Å². The highest BCUT2D eigenvalue weighted by Crippen LogP contribution is 1.75. The molecular weight excluding hydrogens is 323 g/mol. The second kappa shape index (κ2) is 105. The molecule has 0 atom stereocenters. The summed E-state index contributed by atoms with van der Waals surface area (Å²) in [7, 11) is 1.76. The van der Waals surface area contributed by atoms with Crippen molar-refractivity contribution in [2.24, 2.45) is 5.10 Å². The first-order valence-corrected chi connectivity index (χ1v) is 8.15. The fraction of sp³-hybridized carbons (Fsp3) is 0.643. The third-order valence-electron chi connectivity index (χ3n) is 0.487. The van der Waals surface area contributed by atoms with Crippen molar-refractivity contribution in [3.63, 3.8) is 0 Å². The van der Waals surface area contributed by atoms with Gasteiger partial charge in [-0.3, -0.25) is 5.01 Å². The van der Waals surface area contributed by atoms with Crippen LogP contribution in [0.2, 0.25) is 0 Å². The van der Waals surface area contributed by atoms with E-state index in [0.29, 0.717) is 0 Å². The Bertz CT molecular complexity index is 86.2. The van der Waals surface area contributed by atoms with Gasteiger partial charge in [0.2, 0.25) is 0 Å². The topological polar surface area (TPSA) is 15.6 Å². The molecule has 0 radical (unpaired) electrons. The van der Waals surface area contributed by atoms with Crippen molar-refractivity contribution in [3.8, 4) is 0 Å². The molecule has 108 valence electrons. The van der Waals surface area contributed by atoms with E-state index in [4.69, 9.17) is 0 Å². The zero-order chi connectivity index (χ0) is 15.7. The summed E-state index contributed by atoms with van der Waals surface area (Å²) in [5.74, 6) is 0. The zero-order valence-electron chi connectivity index (χ0n) is 13.5. The Morgan fingerprint density at radius 2 is 1.12 bits per heavy atom. The van der Waals surface area contributed by atoms with Gasteiger partial charge in [0, 0.05) is 20.0 Å². The summed E-state index contributed by atoms with van der Waals surface area (Å²) < 4.78 is 0. The number of alkyl halides is 1. The highest BCUT2D eigenvalue weighted by molar-refractivity contribution is 14.1. The van der Waals surface area contributed by atoms with Crippen LogP contribution in [0, 0.1) is 0 Å². The van der Waals surface area contributed by atoms with Gasteiger partial charge >= 0.3 is 0 Å². The lowest BCUT2D eigenvalue weighted by molar-refractivity contribution is 0.497. The molecule has 17 heavy (non-hydrogen) atoms. The molecule has 0 spiro atoms. The van der Waals surface area contributed by atoms with Crippen LogP contribution in [0.5, 0.6) is 0 Å². The number of allylic oxidation sites excluding steroid dienone is 1. The normalized spacial score (nSPS) is 4.59. The first-order chi connectivity index (χ1) is 8.22. The number of nitrogens with zero attached hydrogens (tertiary/aromatic N) is 2. The van der Waals surface area contributed by atoms with Crippen LogP contribution in [0.4, 0.5) is 0 Å². The molecule has 0 saturated carbocycles. The zero-order valence-corrected chi connectivity index (χ0v) is 15.7. The van der Waals surface area contributed by atoms with Crippen LogP contribution < -0.4 is 0 Å². The lowest BCUT2D eigenvalue weighted by atomic mass is 10.8. The molecule has 0 aliphatic carbocycles. The SMILES string of the molecule is C=CC.C=CN(C)N=C.CC.CC.CC.CI. The molecule has 0 aromatic rings. The number of halogens is 1. The minimum atomic E-state index is 1.53. The molecule has 0 fully saturated rings. The van der Waals surface area contributed by atoms with Crippen LogP contribution in [0.25, 0.3) is 0 Å². The lowest BCUT2D eigenvalue weighted by Crippen LogP contribution is -1.96. The minimum Gasteiger partial charge on any atom is -0.277 e. The largest absolute Gasteiger partial charge is 0.277 e. The van der Waals surface area contributed by atoms with Crippen LogP contribution in [0.1, 0.15) is 48.5 Å². The average Bonchev–Trinajstić information content (AvgIpc) is 2.47. The third kappa shape index (κ3) is 217. The Kier molecular flexibility index (Phi) is 222. The molecule has 0 saturated heterocycles. The van der Waals surface area contributed by atoms with Gasteiger partial charge in [0.15, 0.2) is 0 Å². The summed E-state index contributed by atoms with van der Waals surface area (Å²) in [6.07, 6.45) is 3.33. The van der Waals surface area contributed by atoms with Gasteiger partial charge in [-0.25, -0.2) is 0 Å². The van der Waals surface area contributed by atoms with Gasteiger partial charge in [-0.05, 0) is 11.9 Å². The first kappa shape index (κ1) is 36.0. The number of hydrazone groups is 1. The van der Waals surface area contributed by atoms with Gasteiger partial charge in [0.1, 0.15) is 0 Å². The molecule has 0 aromatic carbocycles. The maximum absolute atomic E-state index is 3.47. The van der Waals surface area contributed by atoms with E-state index in [1.165, 1.54) is 5.01 Å². The summed E-state index contributed by atoms with van der Waals surface area (Å²) in [6.45, 7) is 23.9. The third-order valence-corrected chi connectivity index (χ3v) is 0.487. The lowest BCUT2D eigenvalue weighted by Gasteiger charge is -1.99. The van der Waals surface area contributed by atoms with Gasteiger partial charge in [0.25, 0.3) is 0 Å². The number of hydrogen-bond acceptors (Lipinski definition) is 2. The highest BCUT2D eigenvalue weighted by Gasteiger charge is 1.69. The molecule has 0 unspecified atom stereocenters. The fourth-order valence-electron chi connectivity index (χ4n) is 0.0577. The maximum Gasteiger partial charge on any atom is 0.0296 e. The molecule has 3 heteroatoms. The predicted molar refractivity (Wildman–Crippen MR) is 97.4 cm³/mol. The molecule has 0 amide bonds. The molecule has 0 aliphatic heterocycles. The van der Waals surface area contributed by atoms with E-state index in [0.717, 1.165) is 0 Å². The van der Waals surface area contributed by atoms with Gasteiger partial charge in [-0.15, -0.1) is 6.58 Å². The van der Waals surface area contributed by atoms with Crippen LogP contribution in [-0.2, 0) is 0 Å². The van der Waals surface area contributed by atoms with Gasteiger partial charge in [0.05, 0.1) is 0 Å². The van der Waals surface area contributed by atoms with E-state index in [1.807, 2.05) is 53.4 Å². The monoisotopic (exact) mass is 358 g/mol. The van der Waals surface area contributed by atoms with Gasteiger partial charge in [-0.2, -0.15) is 5.10 Å². The number of rotatable bonds is 2. The van der Waals surface area contributed by atoms with Gasteiger partial charge in [-0.1, -0.05) is 76.8 Å². The Balaban J connectivity index is -0.0000000238. The molecule has 0 bridgehead atoms. The maximum atomic E-state index is 3.47. The smallest absolute Gasteiger partial charge is 0.0296 e. The summed E-state index contributed by atoms with van der Waals surface area (Å²) >= 11 is 2.15. The predicted octanol–water partition coefficient (Wildman–Crippen LogP) is 6.00. The van der Waals surface area contributed by atoms with Crippen molar-refractivity contribution in [1.29, 1.82) is 0 Å². The summed E-state index contributed by atoms with van der Waals surface area (Å²) in [6, 6.07) is 0. The van der Waals surface area contributed by atoms with Crippen LogP contribution in [0.15, 0.2) is 30.5 Å². The van der Waals surface area contributed by atoms with Gasteiger partial charge < -0.3 is 0 Å². The molecule has 2 nitrogen and oxygen atoms in total. The second-order valence-electron chi connectivity index (χ2n) is 1.31. The second-order valence-corrected chi connectivity index (χ2v) is 1.31. The van der Waals surface area contributed by atoms with E-state index < -0.39 is 0 Å². The van der Waals surface area contributed by atoms with Crippen molar-refractivity contribution in [2.45, 2.75) is 48.5 Å². The Labute approximate surface area is 125 Å². The van der Waals surface area contributed by atoms with Crippen LogP contribution in [0.3, 0.4) is 0 Å². The average molecular weight is 358 g/mol. The quantitative estimate of drug-likeness (QED) is 0.194. The molecule has 0 rings (SSSR count).